The number of ketones is 1. The quantitative estimate of drug-likeness (QED) is 0.762. The lowest BCUT2D eigenvalue weighted by Crippen LogP contribution is -2.25. The van der Waals surface area contributed by atoms with Crippen molar-refractivity contribution in [2.24, 2.45) is 0 Å². The molecule has 18 heavy (non-hydrogen) atoms. The maximum Gasteiger partial charge on any atom is 0.211 e. The minimum atomic E-state index is -0.265. The van der Waals surface area contributed by atoms with Crippen LogP contribution in [0.5, 0.6) is 0 Å². The molecule has 4 heteroatoms. The molecule has 0 bridgehead atoms. The summed E-state index contributed by atoms with van der Waals surface area (Å²) in [6.45, 7) is 0.758. The van der Waals surface area contributed by atoms with Crippen molar-refractivity contribution in [2.75, 3.05) is 13.6 Å². The second-order valence-corrected chi connectivity index (χ2v) is 4.20. The number of likely N-dealkylation sites (N-methyl/N-ethyl adjacent to an activating group) is 1. The number of nitrogens with zero attached hydrogens (tertiary/aromatic N) is 1. The average molecular weight is 247 g/mol. The fourth-order valence-corrected chi connectivity index (χ4v) is 1.76. The van der Waals surface area contributed by atoms with Gasteiger partial charge in [-0.1, -0.05) is 12.1 Å². The molecule has 0 aliphatic heterocycles. The number of benzene rings is 1. The van der Waals surface area contributed by atoms with Crippen molar-refractivity contribution in [2.45, 2.75) is 6.54 Å². The summed E-state index contributed by atoms with van der Waals surface area (Å²) in [7, 11) is 1.81. The minimum absolute atomic E-state index is 0.0843. The van der Waals surface area contributed by atoms with E-state index in [2.05, 4.69) is 0 Å². The smallest absolute Gasteiger partial charge is 0.211 e. The van der Waals surface area contributed by atoms with Crippen molar-refractivity contribution >= 4 is 5.78 Å². The van der Waals surface area contributed by atoms with Gasteiger partial charge in [-0.05, 0) is 36.9 Å². The van der Waals surface area contributed by atoms with Gasteiger partial charge < -0.3 is 4.42 Å². The van der Waals surface area contributed by atoms with Crippen LogP contribution < -0.4 is 0 Å². The third-order valence-corrected chi connectivity index (χ3v) is 2.55. The molecule has 1 heterocycles. The van der Waals surface area contributed by atoms with Crippen molar-refractivity contribution in [1.29, 1.82) is 0 Å². The van der Waals surface area contributed by atoms with E-state index < -0.39 is 0 Å². The lowest BCUT2D eigenvalue weighted by molar-refractivity contribution is 0.0915. The van der Waals surface area contributed by atoms with Gasteiger partial charge >= 0.3 is 0 Å². The number of Topliss-reactive ketones (excluding diaryl/α,β-unsaturated/α-hetero) is 1. The van der Waals surface area contributed by atoms with Crippen LogP contribution in [-0.2, 0) is 6.54 Å². The predicted molar refractivity (Wildman–Crippen MR) is 65.8 cm³/mol. The molecule has 0 saturated carbocycles. The zero-order chi connectivity index (χ0) is 13.0. The number of rotatable bonds is 5. The predicted octanol–water partition coefficient (Wildman–Crippen LogP) is 2.73. The normalized spacial score (nSPS) is 10.8. The first-order valence-electron chi connectivity index (χ1n) is 5.65. The van der Waals surface area contributed by atoms with Gasteiger partial charge in [0.05, 0.1) is 12.8 Å². The highest BCUT2D eigenvalue weighted by Gasteiger charge is 2.12. The van der Waals surface area contributed by atoms with Gasteiger partial charge in [0.1, 0.15) is 5.82 Å². The van der Waals surface area contributed by atoms with E-state index in [0.717, 1.165) is 5.56 Å². The molecular weight excluding hydrogens is 233 g/mol. The molecule has 2 aromatic rings. The number of carbonyl (C=O) groups is 1. The lowest BCUT2D eigenvalue weighted by Gasteiger charge is -2.15. The minimum Gasteiger partial charge on any atom is -0.461 e. The fourth-order valence-electron chi connectivity index (χ4n) is 1.76. The summed E-state index contributed by atoms with van der Waals surface area (Å²) in [5.74, 6) is -0.00161. The monoisotopic (exact) mass is 247 g/mol. The van der Waals surface area contributed by atoms with Crippen LogP contribution in [-0.4, -0.2) is 24.3 Å². The van der Waals surface area contributed by atoms with Gasteiger partial charge in [0.15, 0.2) is 5.76 Å². The van der Waals surface area contributed by atoms with Crippen LogP contribution in [0.4, 0.5) is 4.39 Å². The second-order valence-electron chi connectivity index (χ2n) is 4.20. The first-order chi connectivity index (χ1) is 8.65. The van der Waals surface area contributed by atoms with Crippen LogP contribution in [0.1, 0.15) is 16.1 Å². The molecule has 0 atom stereocenters. The Morgan fingerprint density at radius 2 is 2.17 bits per heavy atom. The first kappa shape index (κ1) is 12.5. The molecule has 0 fully saturated rings. The Hall–Kier alpha value is -1.94. The van der Waals surface area contributed by atoms with Crippen molar-refractivity contribution in [1.82, 2.24) is 4.90 Å². The largest absolute Gasteiger partial charge is 0.461 e. The van der Waals surface area contributed by atoms with Crippen molar-refractivity contribution in [3.05, 3.63) is 59.8 Å². The van der Waals surface area contributed by atoms with Crippen molar-refractivity contribution in [3.63, 3.8) is 0 Å². The van der Waals surface area contributed by atoms with E-state index in [0.29, 0.717) is 12.3 Å². The van der Waals surface area contributed by atoms with E-state index in [1.165, 1.54) is 18.4 Å². The van der Waals surface area contributed by atoms with E-state index in [4.69, 9.17) is 4.42 Å². The SMILES string of the molecule is CN(CC(=O)c1ccco1)Cc1cccc(F)c1. The average Bonchev–Trinajstić information content (AvgIpc) is 2.81. The summed E-state index contributed by atoms with van der Waals surface area (Å²) in [6, 6.07) is 9.67. The Kier molecular flexibility index (Phi) is 3.89. The summed E-state index contributed by atoms with van der Waals surface area (Å²) >= 11 is 0. The molecule has 0 saturated heterocycles. The Bertz CT molecular complexity index is 522. The molecule has 0 amide bonds. The molecular formula is C14H14FNO2. The zero-order valence-electron chi connectivity index (χ0n) is 10.1. The fraction of sp³-hybridized carbons (Fsp3) is 0.214. The van der Waals surface area contributed by atoms with Crippen LogP contribution in [0.3, 0.4) is 0 Å². The highest BCUT2D eigenvalue weighted by Crippen LogP contribution is 2.08. The van der Waals surface area contributed by atoms with Crippen LogP contribution in [0.15, 0.2) is 47.1 Å². The summed E-state index contributed by atoms with van der Waals surface area (Å²) in [4.78, 5) is 13.6. The molecule has 0 unspecified atom stereocenters. The standard InChI is InChI=1S/C14H14FNO2/c1-16(9-11-4-2-5-12(15)8-11)10-13(17)14-6-3-7-18-14/h2-8H,9-10H2,1H3. The molecule has 0 spiro atoms. The van der Waals surface area contributed by atoms with Crippen molar-refractivity contribution in [3.8, 4) is 0 Å². The third kappa shape index (κ3) is 3.28. The van der Waals surface area contributed by atoms with E-state index in [-0.39, 0.29) is 18.1 Å². The van der Waals surface area contributed by atoms with Gasteiger partial charge in [-0.25, -0.2) is 4.39 Å². The lowest BCUT2D eigenvalue weighted by atomic mass is 10.2. The highest BCUT2D eigenvalue weighted by atomic mass is 19.1. The van der Waals surface area contributed by atoms with Gasteiger partial charge in [0.25, 0.3) is 0 Å². The van der Waals surface area contributed by atoms with E-state index in [9.17, 15) is 9.18 Å². The first-order valence-corrected chi connectivity index (χ1v) is 5.65. The van der Waals surface area contributed by atoms with Gasteiger partial charge in [-0.15, -0.1) is 0 Å². The summed E-state index contributed by atoms with van der Waals surface area (Å²) < 4.78 is 18.0. The number of hydrogen-bond acceptors (Lipinski definition) is 3. The molecule has 0 radical (unpaired) electrons. The molecule has 1 aromatic carbocycles. The molecule has 3 nitrogen and oxygen atoms in total. The zero-order valence-corrected chi connectivity index (χ0v) is 10.1. The Morgan fingerprint density at radius 3 is 2.83 bits per heavy atom. The van der Waals surface area contributed by atoms with Crippen molar-refractivity contribution < 1.29 is 13.6 Å². The third-order valence-electron chi connectivity index (χ3n) is 2.55. The molecule has 0 N–H and O–H groups in total. The van der Waals surface area contributed by atoms with Gasteiger partial charge in [-0.2, -0.15) is 0 Å². The van der Waals surface area contributed by atoms with Gasteiger partial charge in [0.2, 0.25) is 5.78 Å². The number of furan rings is 1. The number of halogens is 1. The molecule has 94 valence electrons. The van der Waals surface area contributed by atoms with Gasteiger partial charge in [0, 0.05) is 6.54 Å². The maximum atomic E-state index is 13.0. The highest BCUT2D eigenvalue weighted by molar-refractivity contribution is 5.94. The van der Waals surface area contributed by atoms with Crippen LogP contribution in [0.2, 0.25) is 0 Å². The van der Waals surface area contributed by atoms with E-state index >= 15 is 0 Å². The van der Waals surface area contributed by atoms with Gasteiger partial charge in [-0.3, -0.25) is 9.69 Å². The summed E-state index contributed by atoms with van der Waals surface area (Å²) in [5.41, 5.74) is 0.838. The Balaban J connectivity index is 1.93. The summed E-state index contributed by atoms with van der Waals surface area (Å²) in [5, 5.41) is 0. The van der Waals surface area contributed by atoms with E-state index in [1.54, 1.807) is 18.2 Å². The topological polar surface area (TPSA) is 33.5 Å². The Labute approximate surface area is 105 Å². The van der Waals surface area contributed by atoms with Crippen LogP contribution in [0, 0.1) is 5.82 Å². The molecule has 0 aliphatic carbocycles. The van der Waals surface area contributed by atoms with E-state index in [1.807, 2.05) is 18.0 Å². The second kappa shape index (κ2) is 5.60. The van der Waals surface area contributed by atoms with Crippen LogP contribution in [0.25, 0.3) is 0 Å². The molecule has 1 aromatic heterocycles. The van der Waals surface area contributed by atoms with Crippen LogP contribution >= 0.6 is 0 Å². The molecule has 0 aliphatic rings. The maximum absolute atomic E-state index is 13.0. The number of carbonyl (C=O) groups excluding carboxylic acids is 1. The number of hydrogen-bond donors (Lipinski definition) is 0. The molecule has 2 rings (SSSR count). The summed E-state index contributed by atoms with van der Waals surface area (Å²) in [6.07, 6.45) is 1.47. The Morgan fingerprint density at radius 1 is 1.33 bits per heavy atom.